The van der Waals surface area contributed by atoms with Crippen molar-refractivity contribution in [2.75, 3.05) is 33.1 Å². The smallest absolute Gasteiger partial charge is 0.255 e. The fourth-order valence-electron chi connectivity index (χ4n) is 6.69. The summed E-state index contributed by atoms with van der Waals surface area (Å²) in [5.41, 5.74) is 4.29. The van der Waals surface area contributed by atoms with E-state index in [9.17, 15) is 34.8 Å². The van der Waals surface area contributed by atoms with E-state index < -0.39 is 58.0 Å². The van der Waals surface area contributed by atoms with Crippen LogP contribution >= 0.6 is 0 Å². The first-order valence-electron chi connectivity index (χ1n) is 13.3. The SMILES string of the molecule is Cc1coc(CCc2cc(N(C)C)c3c(c2O)C(O)=C2C(=O)[C@]4(O)C(O)=C(C(N)=O)C(=O)C(N(C)C)[C@@H]4C[C@H]2C3)n1. The number of hydrogen-bond acceptors (Lipinski definition) is 11. The topological polar surface area (TPSA) is 191 Å². The van der Waals surface area contributed by atoms with Gasteiger partial charge in [-0.2, -0.15) is 0 Å². The largest absolute Gasteiger partial charge is 0.508 e. The van der Waals surface area contributed by atoms with Crippen molar-refractivity contribution in [1.29, 1.82) is 0 Å². The third-order valence-electron chi connectivity index (χ3n) is 8.53. The summed E-state index contributed by atoms with van der Waals surface area (Å²) >= 11 is 0. The lowest BCUT2D eigenvalue weighted by molar-refractivity contribution is -0.153. The maximum atomic E-state index is 14.1. The summed E-state index contributed by atoms with van der Waals surface area (Å²) in [5, 5.41) is 45.8. The van der Waals surface area contributed by atoms with Crippen molar-refractivity contribution in [3.63, 3.8) is 0 Å². The number of phenolic OH excluding ortho intramolecular Hbond substituents is 1. The van der Waals surface area contributed by atoms with Crippen LogP contribution < -0.4 is 10.6 Å². The van der Waals surface area contributed by atoms with Gasteiger partial charge in [0.1, 0.15) is 29.1 Å². The molecule has 1 fully saturated rings. The van der Waals surface area contributed by atoms with Crippen LogP contribution in [0, 0.1) is 18.8 Å². The molecule has 0 spiro atoms. The van der Waals surface area contributed by atoms with Crippen LogP contribution in [0.5, 0.6) is 5.75 Å². The number of nitrogens with zero attached hydrogens (tertiary/aromatic N) is 3. The summed E-state index contributed by atoms with van der Waals surface area (Å²) in [7, 11) is 6.78. The molecular formula is C29H34N4O8. The Bertz CT molecular complexity index is 1550. The van der Waals surface area contributed by atoms with Gasteiger partial charge in [0.2, 0.25) is 5.78 Å². The zero-order valence-corrected chi connectivity index (χ0v) is 23.6. The monoisotopic (exact) mass is 566 g/mol. The molecule has 1 amide bonds. The number of carbonyl (C=O) groups excluding carboxylic acids is 3. The fourth-order valence-corrected chi connectivity index (χ4v) is 6.69. The summed E-state index contributed by atoms with van der Waals surface area (Å²) in [4.78, 5) is 47.1. The van der Waals surface area contributed by atoms with Crippen molar-refractivity contribution in [3.8, 4) is 5.75 Å². The number of aromatic nitrogens is 1. The van der Waals surface area contributed by atoms with E-state index in [0.717, 1.165) is 11.4 Å². The van der Waals surface area contributed by atoms with E-state index in [1.165, 1.54) is 11.2 Å². The number of rotatable bonds is 6. The molecular weight excluding hydrogens is 532 g/mol. The predicted molar refractivity (Wildman–Crippen MR) is 147 cm³/mol. The normalized spacial score (nSPS) is 25.8. The Morgan fingerprint density at radius 1 is 1.17 bits per heavy atom. The lowest BCUT2D eigenvalue weighted by Crippen LogP contribution is -2.65. The summed E-state index contributed by atoms with van der Waals surface area (Å²) in [6, 6.07) is 0.694. The highest BCUT2D eigenvalue weighted by Crippen LogP contribution is 2.54. The minimum absolute atomic E-state index is 0.0324. The van der Waals surface area contributed by atoms with Crippen molar-refractivity contribution in [2.24, 2.45) is 17.6 Å². The number of aryl methyl sites for hydroxylation is 3. The third-order valence-corrected chi connectivity index (χ3v) is 8.53. The number of phenols is 1. The Labute approximate surface area is 236 Å². The van der Waals surface area contributed by atoms with E-state index in [1.54, 1.807) is 21.0 Å². The molecule has 41 heavy (non-hydrogen) atoms. The Balaban J connectivity index is 1.67. The second-order valence-electron chi connectivity index (χ2n) is 11.5. The highest BCUT2D eigenvalue weighted by molar-refractivity contribution is 6.24. The van der Waals surface area contributed by atoms with Crippen LogP contribution in [-0.4, -0.2) is 87.6 Å². The molecule has 1 unspecified atom stereocenters. The van der Waals surface area contributed by atoms with Crippen LogP contribution in [0.15, 0.2) is 33.7 Å². The quantitative estimate of drug-likeness (QED) is 0.315. The number of aliphatic hydroxyl groups is 3. The van der Waals surface area contributed by atoms with Crippen LogP contribution in [0.25, 0.3) is 5.76 Å². The summed E-state index contributed by atoms with van der Waals surface area (Å²) in [5.74, 6) is -6.22. The molecule has 12 nitrogen and oxygen atoms in total. The molecule has 6 N–H and O–H groups in total. The van der Waals surface area contributed by atoms with Gasteiger partial charge in [0.25, 0.3) is 5.91 Å². The van der Waals surface area contributed by atoms with Gasteiger partial charge in [0.15, 0.2) is 17.3 Å². The van der Waals surface area contributed by atoms with Crippen LogP contribution in [0.3, 0.4) is 0 Å². The number of benzene rings is 1. The van der Waals surface area contributed by atoms with E-state index in [-0.39, 0.29) is 29.7 Å². The Morgan fingerprint density at radius 3 is 2.41 bits per heavy atom. The summed E-state index contributed by atoms with van der Waals surface area (Å²) < 4.78 is 5.43. The number of primary amides is 1. The van der Waals surface area contributed by atoms with E-state index in [2.05, 4.69) is 4.98 Å². The molecule has 3 aliphatic rings. The third kappa shape index (κ3) is 4.12. The first kappa shape index (κ1) is 28.4. The van der Waals surface area contributed by atoms with Crippen LogP contribution in [-0.2, 0) is 33.6 Å². The number of oxazole rings is 1. The number of Topliss-reactive ketones (excluding diaryl/α,β-unsaturated/α-hetero) is 2. The minimum atomic E-state index is -2.68. The zero-order chi connectivity index (χ0) is 30.1. The van der Waals surface area contributed by atoms with Gasteiger partial charge >= 0.3 is 0 Å². The first-order valence-corrected chi connectivity index (χ1v) is 13.3. The molecule has 1 heterocycles. The van der Waals surface area contributed by atoms with Crippen LogP contribution in [0.4, 0.5) is 5.69 Å². The van der Waals surface area contributed by atoms with Crippen molar-refractivity contribution in [2.45, 2.75) is 44.2 Å². The summed E-state index contributed by atoms with van der Waals surface area (Å²) in [6.45, 7) is 1.80. The van der Waals surface area contributed by atoms with Gasteiger partial charge in [0, 0.05) is 37.7 Å². The first-order chi connectivity index (χ1) is 19.2. The van der Waals surface area contributed by atoms with Gasteiger partial charge in [-0.05, 0) is 63.4 Å². The van der Waals surface area contributed by atoms with Gasteiger partial charge < -0.3 is 35.5 Å². The van der Waals surface area contributed by atoms with Gasteiger partial charge in [-0.25, -0.2) is 4.98 Å². The molecule has 5 rings (SSSR count). The van der Waals surface area contributed by atoms with Gasteiger partial charge in [0.05, 0.1) is 17.3 Å². The molecule has 4 atom stereocenters. The lowest BCUT2D eigenvalue weighted by atomic mass is 9.57. The maximum absolute atomic E-state index is 14.1. The van der Waals surface area contributed by atoms with Crippen molar-refractivity contribution in [3.05, 3.63) is 57.5 Å². The minimum Gasteiger partial charge on any atom is -0.508 e. The highest BCUT2D eigenvalue weighted by atomic mass is 16.4. The predicted octanol–water partition coefficient (Wildman–Crippen LogP) is 1.11. The number of aliphatic hydroxyl groups excluding tert-OH is 2. The molecule has 0 radical (unpaired) electrons. The standard InChI is InChI=1S/C29H34N4O8/c1-12-11-41-18(31-12)7-6-13-10-17(32(2)3)15-8-14-9-16-22(33(4)5)25(36)21(28(30)39)27(38)29(16,40)26(37)19(14)24(35)20(15)23(13)34/h10-11,14,16,22,34-35,38,40H,6-9H2,1-5H3,(H2,30,39)/t14-,16+,22?,29+/m1/s1. The number of anilines is 1. The number of aromatic hydroxyl groups is 1. The number of nitrogens with two attached hydrogens (primary N) is 1. The highest BCUT2D eigenvalue weighted by Gasteiger charge is 2.64. The zero-order valence-electron chi connectivity index (χ0n) is 23.6. The fraction of sp³-hybridized carbons (Fsp3) is 0.448. The molecule has 3 aliphatic carbocycles. The number of carbonyl (C=O) groups is 3. The Morgan fingerprint density at radius 2 is 1.85 bits per heavy atom. The summed E-state index contributed by atoms with van der Waals surface area (Å²) in [6.07, 6.45) is 2.48. The molecule has 1 aromatic heterocycles. The second-order valence-corrected chi connectivity index (χ2v) is 11.5. The molecule has 12 heteroatoms. The van der Waals surface area contributed by atoms with Gasteiger partial charge in [-0.1, -0.05) is 0 Å². The number of likely N-dealkylation sites (N-methyl/N-ethyl adjacent to an activating group) is 1. The number of ketones is 2. The number of hydrogen-bond donors (Lipinski definition) is 5. The van der Waals surface area contributed by atoms with E-state index in [4.69, 9.17) is 10.2 Å². The molecule has 0 bridgehead atoms. The van der Waals surface area contributed by atoms with Crippen molar-refractivity contribution < 1.29 is 39.2 Å². The average Bonchev–Trinajstić information content (AvgIpc) is 3.30. The van der Waals surface area contributed by atoms with Crippen LogP contribution in [0.1, 0.15) is 34.7 Å². The molecule has 1 aromatic carbocycles. The number of amides is 1. The molecule has 2 aromatic rings. The van der Waals surface area contributed by atoms with Gasteiger partial charge in [-0.3, -0.25) is 19.3 Å². The molecule has 218 valence electrons. The molecule has 0 aliphatic heterocycles. The number of fused-ring (bicyclic) bond motifs is 3. The van der Waals surface area contributed by atoms with Crippen LogP contribution in [0.2, 0.25) is 0 Å². The molecule has 0 saturated heterocycles. The van der Waals surface area contributed by atoms with E-state index in [0.29, 0.717) is 29.9 Å². The van der Waals surface area contributed by atoms with E-state index in [1.807, 2.05) is 25.1 Å². The van der Waals surface area contributed by atoms with Crippen molar-refractivity contribution >= 4 is 28.9 Å². The average molecular weight is 567 g/mol. The Kier molecular flexibility index (Phi) is 6.74. The lowest BCUT2D eigenvalue weighted by Gasteiger charge is -2.50. The Hall–Kier alpha value is -4.16. The van der Waals surface area contributed by atoms with Crippen molar-refractivity contribution in [1.82, 2.24) is 9.88 Å². The maximum Gasteiger partial charge on any atom is 0.255 e. The second kappa shape index (κ2) is 9.74. The van der Waals surface area contributed by atoms with E-state index >= 15 is 0 Å². The van der Waals surface area contributed by atoms with Gasteiger partial charge in [-0.15, -0.1) is 0 Å². The molecule has 1 saturated carbocycles.